The van der Waals surface area contributed by atoms with Gasteiger partial charge in [0, 0.05) is 5.41 Å². The molecule has 0 aromatic carbocycles. The Morgan fingerprint density at radius 3 is 2.67 bits per heavy atom. The van der Waals surface area contributed by atoms with E-state index in [-0.39, 0.29) is 10.8 Å². The second-order valence-electron chi connectivity index (χ2n) is 6.10. The molecule has 0 amide bonds. The molecule has 4 nitrogen and oxygen atoms in total. The van der Waals surface area contributed by atoms with E-state index in [4.69, 9.17) is 4.84 Å². The maximum Gasteiger partial charge on any atom is 0.239 e. The van der Waals surface area contributed by atoms with Crippen LogP contribution in [0, 0.1) is 16.7 Å². The highest BCUT2D eigenvalue weighted by Crippen LogP contribution is 2.80. The molecule has 4 atom stereocenters. The Morgan fingerprint density at radius 2 is 2.13 bits per heavy atom. The van der Waals surface area contributed by atoms with Crippen molar-refractivity contribution in [2.75, 3.05) is 5.75 Å². The van der Waals surface area contributed by atoms with Gasteiger partial charge in [-0.1, -0.05) is 13.8 Å². The summed E-state index contributed by atoms with van der Waals surface area (Å²) < 4.78 is 25.1. The molecule has 4 aliphatic rings. The van der Waals surface area contributed by atoms with Crippen LogP contribution in [0.1, 0.15) is 33.1 Å². The molecule has 4 fully saturated rings. The number of hydrogen-bond donors (Lipinski definition) is 0. The third kappa shape index (κ3) is 0.626. The molecular formula is C10H15NO3S. The van der Waals surface area contributed by atoms with Crippen LogP contribution in [0.2, 0.25) is 0 Å². The van der Waals surface area contributed by atoms with Crippen LogP contribution < -0.4 is 0 Å². The molecule has 4 rings (SSSR count). The van der Waals surface area contributed by atoms with Crippen molar-refractivity contribution >= 4 is 10.0 Å². The lowest BCUT2D eigenvalue weighted by Gasteiger charge is -2.36. The largest absolute Gasteiger partial charge is 0.255 e. The zero-order chi connectivity index (χ0) is 10.7. The number of rotatable bonds is 0. The fourth-order valence-electron chi connectivity index (χ4n) is 4.59. The predicted octanol–water partition coefficient (Wildman–Crippen LogP) is 1.10. The summed E-state index contributed by atoms with van der Waals surface area (Å²) in [6, 6.07) is 0. The highest BCUT2D eigenvalue weighted by Gasteiger charge is 2.88. The summed E-state index contributed by atoms with van der Waals surface area (Å²) in [4.78, 5) is 5.49. The lowest BCUT2D eigenvalue weighted by Crippen LogP contribution is -2.41. The monoisotopic (exact) mass is 229 g/mol. The molecule has 0 aromatic heterocycles. The summed E-state index contributed by atoms with van der Waals surface area (Å²) in [7, 11) is -3.12. The van der Waals surface area contributed by atoms with Gasteiger partial charge in [0.25, 0.3) is 0 Å². The van der Waals surface area contributed by atoms with Crippen molar-refractivity contribution in [3.05, 3.63) is 0 Å². The van der Waals surface area contributed by atoms with E-state index in [0.717, 1.165) is 12.8 Å². The van der Waals surface area contributed by atoms with Crippen molar-refractivity contribution in [2.24, 2.45) is 16.7 Å². The van der Waals surface area contributed by atoms with Crippen molar-refractivity contribution < 1.29 is 13.3 Å². The van der Waals surface area contributed by atoms with Crippen molar-refractivity contribution in [3.63, 3.8) is 0 Å². The number of hydroxylamine groups is 1. The number of sulfonamides is 1. The number of nitrogens with zero attached hydrogens (tertiary/aromatic N) is 1. The average Bonchev–Trinajstić information content (AvgIpc) is 2.70. The van der Waals surface area contributed by atoms with Gasteiger partial charge in [-0.3, -0.25) is 4.84 Å². The fraction of sp³-hybridized carbons (Fsp3) is 1.00. The number of fused-ring (bicyclic) bond motifs is 1. The second-order valence-corrected chi connectivity index (χ2v) is 7.89. The van der Waals surface area contributed by atoms with E-state index in [2.05, 4.69) is 13.8 Å². The molecule has 3 unspecified atom stereocenters. The Hall–Kier alpha value is -0.130. The Bertz CT molecular complexity index is 471. The standard InChI is InChI=1S/C10H15NO3S/c1-8(2)7-3-4-9(8)6-15(12,13)11-10(9,5-7)14-11/h7H,3-6H2,1-2H3/t7?,9-,10?,11?/m1/s1. The van der Waals surface area contributed by atoms with Gasteiger partial charge in [0.2, 0.25) is 10.0 Å². The first kappa shape index (κ1) is 8.96. The lowest BCUT2D eigenvalue weighted by atomic mass is 9.68. The van der Waals surface area contributed by atoms with Crippen LogP contribution in [-0.4, -0.2) is 24.4 Å². The summed E-state index contributed by atoms with van der Waals surface area (Å²) in [5, 5.41) is 0. The Labute approximate surface area is 89.6 Å². The van der Waals surface area contributed by atoms with E-state index >= 15 is 0 Å². The first-order chi connectivity index (χ1) is 6.86. The van der Waals surface area contributed by atoms with Crippen LogP contribution in [0.5, 0.6) is 0 Å². The van der Waals surface area contributed by atoms with E-state index in [1.165, 1.54) is 10.9 Å². The van der Waals surface area contributed by atoms with E-state index < -0.39 is 15.7 Å². The van der Waals surface area contributed by atoms with E-state index in [9.17, 15) is 8.42 Å². The van der Waals surface area contributed by atoms with Gasteiger partial charge in [0.15, 0.2) is 5.72 Å². The maximum absolute atomic E-state index is 11.9. The van der Waals surface area contributed by atoms with Crippen molar-refractivity contribution in [1.29, 1.82) is 0 Å². The topological polar surface area (TPSA) is 49.7 Å². The molecule has 0 aromatic rings. The molecule has 5 heteroatoms. The Kier molecular flexibility index (Phi) is 1.13. The van der Waals surface area contributed by atoms with Gasteiger partial charge in [-0.05, 0) is 35.1 Å². The van der Waals surface area contributed by atoms with Gasteiger partial charge in [-0.25, -0.2) is 8.42 Å². The molecule has 2 saturated heterocycles. The molecule has 84 valence electrons. The Balaban J connectivity index is 1.99. The highest BCUT2D eigenvalue weighted by atomic mass is 32.2. The molecule has 15 heavy (non-hydrogen) atoms. The van der Waals surface area contributed by atoms with E-state index in [1.807, 2.05) is 0 Å². The van der Waals surface area contributed by atoms with Gasteiger partial charge < -0.3 is 0 Å². The van der Waals surface area contributed by atoms with Crippen LogP contribution in [-0.2, 0) is 14.9 Å². The van der Waals surface area contributed by atoms with Crippen molar-refractivity contribution in [2.45, 2.75) is 38.8 Å². The molecule has 2 saturated carbocycles. The molecule has 2 spiro atoms. The number of hydrogen-bond acceptors (Lipinski definition) is 3. The summed E-state index contributed by atoms with van der Waals surface area (Å²) in [6.45, 7) is 4.44. The van der Waals surface area contributed by atoms with E-state index in [1.54, 1.807) is 0 Å². The van der Waals surface area contributed by atoms with Gasteiger partial charge in [-0.2, -0.15) is 0 Å². The first-order valence-electron chi connectivity index (χ1n) is 5.58. The quantitative estimate of drug-likeness (QED) is 0.584. The zero-order valence-electron chi connectivity index (χ0n) is 8.99. The molecule has 2 heterocycles. The average molecular weight is 229 g/mol. The van der Waals surface area contributed by atoms with Crippen LogP contribution in [0.3, 0.4) is 0 Å². The van der Waals surface area contributed by atoms with Gasteiger partial charge in [0.1, 0.15) is 0 Å². The van der Waals surface area contributed by atoms with Crippen LogP contribution in [0.4, 0.5) is 0 Å². The van der Waals surface area contributed by atoms with Gasteiger partial charge in [0.05, 0.1) is 5.75 Å². The van der Waals surface area contributed by atoms with Crippen LogP contribution in [0.15, 0.2) is 0 Å². The fourth-order valence-corrected chi connectivity index (χ4v) is 7.01. The Morgan fingerprint density at radius 1 is 1.40 bits per heavy atom. The van der Waals surface area contributed by atoms with Crippen LogP contribution >= 0.6 is 0 Å². The predicted molar refractivity (Wildman–Crippen MR) is 53.0 cm³/mol. The van der Waals surface area contributed by atoms with Crippen molar-refractivity contribution in [3.8, 4) is 0 Å². The van der Waals surface area contributed by atoms with Crippen molar-refractivity contribution in [1.82, 2.24) is 4.47 Å². The lowest BCUT2D eigenvalue weighted by molar-refractivity contribution is 0.0724. The maximum atomic E-state index is 11.9. The molecule has 0 radical (unpaired) electrons. The third-order valence-corrected chi connectivity index (χ3v) is 7.35. The van der Waals surface area contributed by atoms with E-state index in [0.29, 0.717) is 11.7 Å². The first-order valence-corrected chi connectivity index (χ1v) is 7.19. The second kappa shape index (κ2) is 1.89. The minimum Gasteiger partial charge on any atom is -0.255 e. The third-order valence-electron chi connectivity index (χ3n) is 5.62. The summed E-state index contributed by atoms with van der Waals surface area (Å²) >= 11 is 0. The molecule has 2 bridgehead atoms. The molecule has 2 aliphatic carbocycles. The SMILES string of the molecule is CC1(C)C2CC[C@@]13CS(=O)(=O)N1OC13C2. The summed E-state index contributed by atoms with van der Waals surface area (Å²) in [6.07, 6.45) is 3.10. The highest BCUT2D eigenvalue weighted by molar-refractivity contribution is 7.89. The van der Waals surface area contributed by atoms with Gasteiger partial charge in [-0.15, -0.1) is 0 Å². The normalized spacial score (nSPS) is 61.5. The molecule has 2 aliphatic heterocycles. The minimum absolute atomic E-state index is 0.116. The minimum atomic E-state index is -3.12. The molecular weight excluding hydrogens is 214 g/mol. The summed E-state index contributed by atoms with van der Waals surface area (Å²) in [5.74, 6) is 0.946. The smallest absolute Gasteiger partial charge is 0.239 e. The zero-order valence-corrected chi connectivity index (χ0v) is 9.80. The van der Waals surface area contributed by atoms with Crippen LogP contribution in [0.25, 0.3) is 0 Å². The molecule has 0 N–H and O–H groups in total. The summed E-state index contributed by atoms with van der Waals surface area (Å²) in [5.41, 5.74) is -0.424. The van der Waals surface area contributed by atoms with Gasteiger partial charge >= 0.3 is 0 Å².